The molecule has 1 aromatic rings. The Morgan fingerprint density at radius 1 is 1.31 bits per heavy atom. The Morgan fingerprint density at radius 3 is 2.50 bits per heavy atom. The van der Waals surface area contributed by atoms with Crippen molar-refractivity contribution in [3.63, 3.8) is 0 Å². The van der Waals surface area contributed by atoms with Crippen LogP contribution in [0.3, 0.4) is 0 Å². The molecule has 3 heteroatoms. The Morgan fingerprint density at radius 2 is 1.94 bits per heavy atom. The first-order valence-electron chi connectivity index (χ1n) is 4.88. The average Bonchev–Trinajstić information content (AvgIpc) is 2.56. The maximum absolute atomic E-state index is 9.14. The molecule has 0 bridgehead atoms. The summed E-state index contributed by atoms with van der Waals surface area (Å²) in [4.78, 5) is 0. The molecule has 0 saturated carbocycles. The minimum Gasteiger partial charge on any atom is -0.192 e. The van der Waals surface area contributed by atoms with Gasteiger partial charge in [0.25, 0.3) is 0 Å². The van der Waals surface area contributed by atoms with Crippen LogP contribution >= 0.6 is 27.5 Å². The van der Waals surface area contributed by atoms with Crippen LogP contribution in [0.4, 0.5) is 0 Å². The molecule has 0 radical (unpaired) electrons. The van der Waals surface area contributed by atoms with Crippen LogP contribution < -0.4 is 0 Å². The smallest absolute Gasteiger partial charge is 0.101 e. The maximum Gasteiger partial charge on any atom is 0.101 e. The molecule has 0 N–H and O–H groups in total. The first-order valence-corrected chi connectivity index (χ1v) is 6.05. The summed E-state index contributed by atoms with van der Waals surface area (Å²) in [6.45, 7) is 2.03. The molecular formula is C13H9BrClN. The molecule has 16 heavy (non-hydrogen) atoms. The summed E-state index contributed by atoms with van der Waals surface area (Å²) in [5.41, 5.74) is 4.07. The van der Waals surface area contributed by atoms with E-state index in [1.165, 1.54) is 5.57 Å². The lowest BCUT2D eigenvalue weighted by Crippen LogP contribution is -1.84. The zero-order valence-corrected chi connectivity index (χ0v) is 11.1. The van der Waals surface area contributed by atoms with Gasteiger partial charge in [-0.1, -0.05) is 29.3 Å². The lowest BCUT2D eigenvalue weighted by Gasteiger charge is -2.03. The molecule has 80 valence electrons. The number of rotatable bonds is 1. The van der Waals surface area contributed by atoms with Crippen LogP contribution in [0, 0.1) is 11.3 Å². The summed E-state index contributed by atoms with van der Waals surface area (Å²) in [6.07, 6.45) is 0.825. The number of benzene rings is 1. The summed E-state index contributed by atoms with van der Waals surface area (Å²) in [7, 11) is 0. The van der Waals surface area contributed by atoms with E-state index in [0.29, 0.717) is 5.02 Å². The van der Waals surface area contributed by atoms with Crippen molar-refractivity contribution < 1.29 is 0 Å². The van der Waals surface area contributed by atoms with Gasteiger partial charge in [0.1, 0.15) is 6.07 Å². The zero-order chi connectivity index (χ0) is 11.7. The van der Waals surface area contributed by atoms with Gasteiger partial charge in [0, 0.05) is 9.51 Å². The van der Waals surface area contributed by atoms with E-state index >= 15 is 0 Å². The zero-order valence-electron chi connectivity index (χ0n) is 8.72. The van der Waals surface area contributed by atoms with Crippen molar-refractivity contribution >= 4 is 33.1 Å². The predicted octanol–water partition coefficient (Wildman–Crippen LogP) is 4.69. The van der Waals surface area contributed by atoms with E-state index < -0.39 is 0 Å². The lowest BCUT2D eigenvalue weighted by molar-refractivity contribution is 1.26. The average molecular weight is 295 g/mol. The summed E-state index contributed by atoms with van der Waals surface area (Å²) < 4.78 is 0.931. The largest absolute Gasteiger partial charge is 0.192 e. The summed E-state index contributed by atoms with van der Waals surface area (Å²) in [5, 5.41) is 9.86. The van der Waals surface area contributed by atoms with E-state index in [-0.39, 0.29) is 0 Å². The molecule has 0 saturated heterocycles. The van der Waals surface area contributed by atoms with Crippen molar-refractivity contribution in [3.05, 3.63) is 50.5 Å². The molecule has 0 aromatic heterocycles. The van der Waals surface area contributed by atoms with Gasteiger partial charge in [0.15, 0.2) is 0 Å². The number of hydrogen-bond acceptors (Lipinski definition) is 1. The van der Waals surface area contributed by atoms with Crippen molar-refractivity contribution in [2.24, 2.45) is 0 Å². The Labute approximate surface area is 108 Å². The van der Waals surface area contributed by atoms with Gasteiger partial charge in [-0.15, -0.1) is 0 Å². The van der Waals surface area contributed by atoms with Crippen LogP contribution in [0.5, 0.6) is 0 Å². The number of nitrogens with zero attached hydrogens (tertiary/aromatic N) is 1. The number of nitriles is 1. The van der Waals surface area contributed by atoms with Crippen LogP contribution in [0.25, 0.3) is 5.57 Å². The number of halogens is 2. The minimum atomic E-state index is 0.713. The Hall–Kier alpha value is -1.04. The van der Waals surface area contributed by atoms with Gasteiger partial charge in [-0.05, 0) is 52.5 Å². The van der Waals surface area contributed by atoms with Gasteiger partial charge in [-0.3, -0.25) is 0 Å². The monoisotopic (exact) mass is 293 g/mol. The molecule has 1 nitrogen and oxygen atoms in total. The van der Waals surface area contributed by atoms with E-state index in [4.69, 9.17) is 16.9 Å². The molecule has 0 fully saturated rings. The standard InChI is InChI=1S/C13H9BrClN/c1-8-6-11(12(7-16)13(8)14)9-2-4-10(15)5-3-9/h2-5H,6H2,1H3. The van der Waals surface area contributed by atoms with Crippen LogP contribution in [0.2, 0.25) is 5.02 Å². The van der Waals surface area contributed by atoms with Gasteiger partial charge in [-0.2, -0.15) is 5.26 Å². The molecule has 0 aliphatic heterocycles. The van der Waals surface area contributed by atoms with E-state index in [9.17, 15) is 0 Å². The fourth-order valence-corrected chi connectivity index (χ4v) is 2.39. The second-order valence-corrected chi connectivity index (χ2v) is 4.97. The molecule has 0 spiro atoms. The second kappa shape index (κ2) is 4.45. The first-order chi connectivity index (χ1) is 7.63. The second-order valence-electron chi connectivity index (χ2n) is 3.74. The van der Waals surface area contributed by atoms with Crippen LogP contribution in [-0.2, 0) is 0 Å². The summed E-state index contributed by atoms with van der Waals surface area (Å²) >= 11 is 9.30. The van der Waals surface area contributed by atoms with Gasteiger partial charge in [0.2, 0.25) is 0 Å². The highest BCUT2D eigenvalue weighted by atomic mass is 79.9. The minimum absolute atomic E-state index is 0.713. The Kier molecular flexibility index (Phi) is 3.18. The molecule has 0 amide bonds. The van der Waals surface area contributed by atoms with E-state index in [1.54, 1.807) is 0 Å². The highest BCUT2D eigenvalue weighted by molar-refractivity contribution is 9.12. The van der Waals surface area contributed by atoms with Gasteiger partial charge in [-0.25, -0.2) is 0 Å². The van der Waals surface area contributed by atoms with Crippen LogP contribution in [0.1, 0.15) is 18.9 Å². The summed E-state index contributed by atoms with van der Waals surface area (Å²) in [6, 6.07) is 9.85. The van der Waals surface area contributed by atoms with Gasteiger partial charge < -0.3 is 0 Å². The SMILES string of the molecule is CC1=C(Br)C(C#N)=C(c2ccc(Cl)cc2)C1. The summed E-state index contributed by atoms with van der Waals surface area (Å²) in [5.74, 6) is 0. The molecule has 1 aromatic carbocycles. The van der Waals surface area contributed by atoms with E-state index in [1.807, 2.05) is 31.2 Å². The maximum atomic E-state index is 9.14. The van der Waals surface area contributed by atoms with E-state index in [2.05, 4.69) is 22.0 Å². The Bertz CT molecular complexity index is 532. The van der Waals surface area contributed by atoms with Crippen molar-refractivity contribution in [2.75, 3.05) is 0 Å². The Balaban J connectivity index is 2.48. The third-order valence-corrected chi connectivity index (χ3v) is 3.97. The molecule has 0 unspecified atom stereocenters. The van der Waals surface area contributed by atoms with Crippen LogP contribution in [0.15, 0.2) is 39.9 Å². The predicted molar refractivity (Wildman–Crippen MR) is 70.2 cm³/mol. The van der Waals surface area contributed by atoms with Crippen molar-refractivity contribution in [1.82, 2.24) is 0 Å². The van der Waals surface area contributed by atoms with Gasteiger partial charge in [0.05, 0.1) is 5.57 Å². The molecule has 2 rings (SSSR count). The van der Waals surface area contributed by atoms with Crippen LogP contribution in [-0.4, -0.2) is 0 Å². The number of hydrogen-bond donors (Lipinski definition) is 0. The topological polar surface area (TPSA) is 23.8 Å². The quantitative estimate of drug-likeness (QED) is 0.737. The van der Waals surface area contributed by atoms with Crippen molar-refractivity contribution in [1.29, 1.82) is 5.26 Å². The van der Waals surface area contributed by atoms with Crippen molar-refractivity contribution in [3.8, 4) is 6.07 Å². The fraction of sp³-hybridized carbons (Fsp3) is 0.154. The molecule has 0 atom stereocenters. The fourth-order valence-electron chi connectivity index (χ4n) is 1.79. The molecular weight excluding hydrogens is 286 g/mol. The normalized spacial score (nSPS) is 15.6. The number of allylic oxidation sites excluding steroid dienone is 4. The molecule has 0 heterocycles. The lowest BCUT2D eigenvalue weighted by atomic mass is 10.0. The third kappa shape index (κ3) is 1.93. The van der Waals surface area contributed by atoms with Gasteiger partial charge >= 0.3 is 0 Å². The molecule has 1 aliphatic carbocycles. The van der Waals surface area contributed by atoms with E-state index in [0.717, 1.165) is 27.6 Å². The first kappa shape index (κ1) is 11.4. The third-order valence-electron chi connectivity index (χ3n) is 2.64. The highest BCUT2D eigenvalue weighted by Crippen LogP contribution is 2.40. The molecule has 1 aliphatic rings. The van der Waals surface area contributed by atoms with Crippen molar-refractivity contribution in [2.45, 2.75) is 13.3 Å². The highest BCUT2D eigenvalue weighted by Gasteiger charge is 2.21.